The molecule has 0 heterocycles. The summed E-state index contributed by atoms with van der Waals surface area (Å²) in [5.74, 6) is 2.93. The second-order valence-electron chi connectivity index (χ2n) is 8.72. The molecule has 0 aliphatic heterocycles. The van der Waals surface area contributed by atoms with Gasteiger partial charge < -0.3 is 9.84 Å². The Bertz CT molecular complexity index is 534. The van der Waals surface area contributed by atoms with Crippen LogP contribution in [-0.4, -0.2) is 18.3 Å². The summed E-state index contributed by atoms with van der Waals surface area (Å²) in [5, 5.41) is 10.9. The number of rotatable bonds is 1. The molecular weight excluding hydrogens is 272 g/mol. The van der Waals surface area contributed by atoms with Crippen LogP contribution in [0.2, 0.25) is 0 Å². The van der Waals surface area contributed by atoms with Gasteiger partial charge in [0, 0.05) is 6.42 Å². The van der Waals surface area contributed by atoms with Crippen molar-refractivity contribution in [1.82, 2.24) is 0 Å². The lowest BCUT2D eigenvalue weighted by atomic mass is 9.48. The summed E-state index contributed by atoms with van der Waals surface area (Å²) in [5.41, 5.74) is 2.08. The van der Waals surface area contributed by atoms with Gasteiger partial charge in [-0.15, -0.1) is 0 Å². The molecule has 0 bridgehead atoms. The van der Waals surface area contributed by atoms with Gasteiger partial charge in [-0.05, 0) is 72.3 Å². The molecule has 4 aliphatic rings. The summed E-state index contributed by atoms with van der Waals surface area (Å²) < 4.78 is 5.48. The number of aliphatic hydroxyl groups is 1. The van der Waals surface area contributed by atoms with E-state index in [0.717, 1.165) is 18.1 Å². The molecule has 0 aromatic carbocycles. The monoisotopic (exact) mass is 302 g/mol. The highest BCUT2D eigenvalue weighted by molar-refractivity contribution is 5.37. The molecule has 2 saturated carbocycles. The van der Waals surface area contributed by atoms with Crippen molar-refractivity contribution in [2.24, 2.45) is 28.6 Å². The number of hydrogen-bond acceptors (Lipinski definition) is 2. The zero-order valence-electron chi connectivity index (χ0n) is 14.3. The van der Waals surface area contributed by atoms with E-state index in [1.807, 2.05) is 0 Å². The lowest BCUT2D eigenvalue weighted by molar-refractivity contribution is -0.0724. The Morgan fingerprint density at radius 3 is 2.73 bits per heavy atom. The molecule has 0 radical (unpaired) electrons. The number of fused-ring (bicyclic) bond motifs is 5. The van der Waals surface area contributed by atoms with Crippen LogP contribution in [0, 0.1) is 28.6 Å². The fourth-order valence-electron chi connectivity index (χ4n) is 6.44. The molecule has 2 heteroatoms. The molecule has 2 fully saturated rings. The van der Waals surface area contributed by atoms with Gasteiger partial charge in [-0.2, -0.15) is 0 Å². The molecule has 0 unspecified atom stereocenters. The molecule has 0 saturated heterocycles. The van der Waals surface area contributed by atoms with Crippen LogP contribution in [-0.2, 0) is 4.74 Å². The minimum Gasteiger partial charge on any atom is -0.501 e. The Hall–Kier alpha value is -0.760. The third-order valence-corrected chi connectivity index (χ3v) is 7.81. The second kappa shape index (κ2) is 4.87. The molecule has 2 nitrogen and oxygen atoms in total. The van der Waals surface area contributed by atoms with Gasteiger partial charge in [0.15, 0.2) is 0 Å². The zero-order valence-corrected chi connectivity index (χ0v) is 14.3. The molecular formula is C20H30O2. The first-order valence-corrected chi connectivity index (χ1v) is 9.13. The van der Waals surface area contributed by atoms with Crippen LogP contribution in [0.15, 0.2) is 23.5 Å². The molecule has 0 amide bonds. The van der Waals surface area contributed by atoms with Gasteiger partial charge in [0.05, 0.1) is 19.0 Å². The molecule has 4 rings (SSSR count). The van der Waals surface area contributed by atoms with E-state index in [2.05, 4.69) is 26.0 Å². The van der Waals surface area contributed by atoms with Crippen molar-refractivity contribution < 1.29 is 9.84 Å². The molecule has 22 heavy (non-hydrogen) atoms. The van der Waals surface area contributed by atoms with Crippen molar-refractivity contribution in [1.29, 1.82) is 0 Å². The smallest absolute Gasteiger partial charge is 0.0958 e. The Morgan fingerprint density at radius 1 is 1.14 bits per heavy atom. The molecule has 0 aromatic rings. The van der Waals surface area contributed by atoms with E-state index in [9.17, 15) is 5.11 Å². The molecule has 0 aromatic heterocycles. The lowest BCUT2D eigenvalue weighted by Crippen LogP contribution is -2.52. The van der Waals surface area contributed by atoms with Crippen molar-refractivity contribution >= 4 is 0 Å². The van der Waals surface area contributed by atoms with Gasteiger partial charge in [-0.1, -0.05) is 26.3 Å². The highest BCUT2D eigenvalue weighted by atomic mass is 16.5. The van der Waals surface area contributed by atoms with E-state index in [4.69, 9.17) is 4.74 Å². The predicted molar refractivity (Wildman–Crippen MR) is 88.2 cm³/mol. The Morgan fingerprint density at radius 2 is 1.95 bits per heavy atom. The standard InChI is InChI=1S/C20H30O2/c1-19-8-4-5-15(19)18-16(7-9-19)20(2)10-6-14(22-3)11-13(20)12-17(18)21/h11-12,15-18,21H,4-10H2,1-3H3/t15-,16-,17-,18-,19-,20-/m0/s1. The van der Waals surface area contributed by atoms with Gasteiger partial charge >= 0.3 is 0 Å². The number of methoxy groups -OCH3 is 1. The van der Waals surface area contributed by atoms with Crippen molar-refractivity contribution in [3.63, 3.8) is 0 Å². The van der Waals surface area contributed by atoms with E-state index in [0.29, 0.717) is 17.3 Å². The van der Waals surface area contributed by atoms with E-state index < -0.39 is 0 Å². The van der Waals surface area contributed by atoms with Gasteiger partial charge in [-0.25, -0.2) is 0 Å². The van der Waals surface area contributed by atoms with Crippen molar-refractivity contribution in [2.45, 2.75) is 64.9 Å². The van der Waals surface area contributed by atoms with E-state index >= 15 is 0 Å². The van der Waals surface area contributed by atoms with Crippen molar-refractivity contribution in [2.75, 3.05) is 7.11 Å². The first kappa shape index (κ1) is 14.8. The maximum Gasteiger partial charge on any atom is 0.0958 e. The largest absolute Gasteiger partial charge is 0.501 e. The first-order valence-electron chi connectivity index (χ1n) is 9.13. The van der Waals surface area contributed by atoms with E-state index in [1.54, 1.807) is 7.11 Å². The highest BCUT2D eigenvalue weighted by Crippen LogP contribution is 2.64. The average molecular weight is 302 g/mol. The average Bonchev–Trinajstić information content (AvgIpc) is 2.89. The fraction of sp³-hybridized carbons (Fsp3) is 0.800. The maximum atomic E-state index is 10.9. The van der Waals surface area contributed by atoms with Crippen LogP contribution in [0.5, 0.6) is 0 Å². The second-order valence-corrected chi connectivity index (χ2v) is 8.72. The lowest BCUT2D eigenvalue weighted by Gasteiger charge is -2.57. The van der Waals surface area contributed by atoms with Crippen LogP contribution < -0.4 is 0 Å². The number of allylic oxidation sites excluding steroid dienone is 3. The topological polar surface area (TPSA) is 29.5 Å². The minimum absolute atomic E-state index is 0.246. The fourth-order valence-corrected chi connectivity index (χ4v) is 6.44. The third kappa shape index (κ3) is 1.89. The van der Waals surface area contributed by atoms with Gasteiger partial charge in [0.25, 0.3) is 0 Å². The summed E-state index contributed by atoms with van der Waals surface area (Å²) in [4.78, 5) is 0. The SMILES string of the molecule is COC1=CC2=C[C@H](O)[C@H]3[C@@H]4CCC[C@@]4(C)CC[C@@H]3[C@@]2(C)CC1. The Balaban J connectivity index is 1.75. The summed E-state index contributed by atoms with van der Waals surface area (Å²) in [6.45, 7) is 4.93. The quantitative estimate of drug-likeness (QED) is 0.775. The minimum atomic E-state index is -0.261. The number of ether oxygens (including phenoxy) is 1. The van der Waals surface area contributed by atoms with E-state index in [1.165, 1.54) is 44.1 Å². The van der Waals surface area contributed by atoms with Crippen LogP contribution in [0.1, 0.15) is 58.8 Å². The first-order chi connectivity index (χ1) is 10.5. The number of hydrogen-bond donors (Lipinski definition) is 1. The summed E-state index contributed by atoms with van der Waals surface area (Å²) in [7, 11) is 1.77. The maximum absolute atomic E-state index is 10.9. The summed E-state index contributed by atoms with van der Waals surface area (Å²) in [6.07, 6.45) is 13.0. The Kier molecular flexibility index (Phi) is 3.28. The Labute approximate surface area is 134 Å². The summed E-state index contributed by atoms with van der Waals surface area (Å²) in [6, 6.07) is 0. The van der Waals surface area contributed by atoms with Crippen LogP contribution in [0.25, 0.3) is 0 Å². The van der Waals surface area contributed by atoms with Gasteiger partial charge in [-0.3, -0.25) is 0 Å². The van der Waals surface area contributed by atoms with Crippen LogP contribution in [0.4, 0.5) is 0 Å². The molecule has 6 atom stereocenters. The van der Waals surface area contributed by atoms with Gasteiger partial charge in [0.1, 0.15) is 0 Å². The molecule has 1 N–H and O–H groups in total. The zero-order chi connectivity index (χ0) is 15.5. The molecule has 122 valence electrons. The van der Waals surface area contributed by atoms with Crippen molar-refractivity contribution in [3.05, 3.63) is 23.5 Å². The molecule has 4 aliphatic carbocycles. The third-order valence-electron chi connectivity index (χ3n) is 7.81. The van der Waals surface area contributed by atoms with Crippen LogP contribution in [0.3, 0.4) is 0 Å². The van der Waals surface area contributed by atoms with Gasteiger partial charge in [0.2, 0.25) is 0 Å². The molecule has 0 spiro atoms. The number of aliphatic hydroxyl groups excluding tert-OH is 1. The summed E-state index contributed by atoms with van der Waals surface area (Å²) >= 11 is 0. The normalized spacial score (nSPS) is 50.4. The predicted octanol–water partition coefficient (Wildman–Crippen LogP) is 4.45. The van der Waals surface area contributed by atoms with Crippen LogP contribution >= 0.6 is 0 Å². The highest BCUT2D eigenvalue weighted by Gasteiger charge is 2.57. The van der Waals surface area contributed by atoms with Crippen molar-refractivity contribution in [3.8, 4) is 0 Å². The van der Waals surface area contributed by atoms with E-state index in [-0.39, 0.29) is 11.5 Å².